The summed E-state index contributed by atoms with van der Waals surface area (Å²) in [6.07, 6.45) is 0.879. The molecule has 1 heterocycles. The van der Waals surface area contributed by atoms with E-state index in [1.54, 1.807) is 6.92 Å². The molecule has 1 aliphatic rings. The zero-order valence-electron chi connectivity index (χ0n) is 14.8. The van der Waals surface area contributed by atoms with E-state index in [9.17, 15) is 4.79 Å². The lowest BCUT2D eigenvalue weighted by molar-refractivity contribution is -0.116. The first-order valence-electron chi connectivity index (χ1n) is 8.29. The quantitative estimate of drug-likeness (QED) is 0.862. The second-order valence-electron chi connectivity index (χ2n) is 6.94. The van der Waals surface area contributed by atoms with Crippen molar-refractivity contribution in [2.45, 2.75) is 25.7 Å². The molecule has 4 heteroatoms. The lowest BCUT2D eigenvalue weighted by atomic mass is 9.70. The summed E-state index contributed by atoms with van der Waals surface area (Å²) in [5.74, 6) is 0.0702. The molecule has 1 atom stereocenters. The number of benzene rings is 2. The molecular weight excluding hydrogens is 298 g/mol. The summed E-state index contributed by atoms with van der Waals surface area (Å²) in [4.78, 5) is 16.0. The number of carbonyl (C=O) groups excluding carboxylic acids is 1. The van der Waals surface area contributed by atoms with Gasteiger partial charge >= 0.3 is 0 Å². The minimum absolute atomic E-state index is 0.0702. The third kappa shape index (κ3) is 2.52. The van der Waals surface area contributed by atoms with Gasteiger partial charge < -0.3 is 15.5 Å². The summed E-state index contributed by atoms with van der Waals surface area (Å²) in [6.45, 7) is 4.58. The van der Waals surface area contributed by atoms with Gasteiger partial charge in [-0.3, -0.25) is 4.79 Å². The van der Waals surface area contributed by atoms with E-state index in [2.05, 4.69) is 31.2 Å². The van der Waals surface area contributed by atoms with Crippen molar-refractivity contribution in [1.29, 1.82) is 0 Å². The first-order valence-corrected chi connectivity index (χ1v) is 8.29. The number of hydrogen-bond acceptors (Lipinski definition) is 3. The van der Waals surface area contributed by atoms with Crippen LogP contribution in [0.5, 0.6) is 0 Å². The maximum Gasteiger partial charge on any atom is 0.223 e. The van der Waals surface area contributed by atoms with Crippen molar-refractivity contribution in [3.8, 4) is 0 Å². The van der Waals surface area contributed by atoms with Gasteiger partial charge in [-0.15, -0.1) is 0 Å². The van der Waals surface area contributed by atoms with Crippen LogP contribution in [-0.2, 0) is 10.2 Å². The van der Waals surface area contributed by atoms with Crippen LogP contribution in [0.3, 0.4) is 0 Å². The van der Waals surface area contributed by atoms with E-state index in [-0.39, 0.29) is 11.3 Å². The normalized spacial score (nSPS) is 19.8. The summed E-state index contributed by atoms with van der Waals surface area (Å²) in [7, 11) is 3.94. The number of nitrogens with zero attached hydrogens (tertiary/aromatic N) is 2. The number of carbonyl (C=O) groups is 1. The van der Waals surface area contributed by atoms with Crippen molar-refractivity contribution in [2.75, 3.05) is 36.2 Å². The Morgan fingerprint density at radius 3 is 2.46 bits per heavy atom. The van der Waals surface area contributed by atoms with Crippen LogP contribution in [0, 0.1) is 0 Å². The van der Waals surface area contributed by atoms with Gasteiger partial charge in [-0.2, -0.15) is 0 Å². The maximum atomic E-state index is 12.2. The number of rotatable bonds is 2. The van der Waals surface area contributed by atoms with Crippen molar-refractivity contribution in [1.82, 2.24) is 0 Å². The fourth-order valence-electron chi connectivity index (χ4n) is 3.67. The highest BCUT2D eigenvalue weighted by Crippen LogP contribution is 2.47. The highest BCUT2D eigenvalue weighted by atomic mass is 16.2. The first kappa shape index (κ1) is 16.4. The smallest absolute Gasteiger partial charge is 0.223 e. The SMILES string of the molecule is CC(=O)N1CCC(C)(c2ccccc2)c2cc(N)c(N(C)C)cc21. The minimum atomic E-state index is -0.151. The molecule has 0 aromatic heterocycles. The van der Waals surface area contributed by atoms with Crippen molar-refractivity contribution >= 4 is 23.0 Å². The summed E-state index contributed by atoms with van der Waals surface area (Å²) in [6, 6.07) is 14.6. The minimum Gasteiger partial charge on any atom is -0.397 e. The third-order valence-electron chi connectivity index (χ3n) is 5.14. The van der Waals surface area contributed by atoms with Crippen LogP contribution in [0.15, 0.2) is 42.5 Å². The molecule has 1 aliphatic heterocycles. The van der Waals surface area contributed by atoms with E-state index in [1.807, 2.05) is 42.1 Å². The molecule has 0 spiro atoms. The molecule has 2 aromatic rings. The van der Waals surface area contributed by atoms with Gasteiger partial charge in [0.2, 0.25) is 5.91 Å². The molecule has 0 fully saturated rings. The summed E-state index contributed by atoms with van der Waals surface area (Å²) in [5, 5.41) is 0. The van der Waals surface area contributed by atoms with Crippen LogP contribution < -0.4 is 15.5 Å². The molecule has 4 nitrogen and oxygen atoms in total. The summed E-state index contributed by atoms with van der Waals surface area (Å²) in [5.41, 5.74) is 11.2. The number of nitrogens with two attached hydrogens (primary N) is 1. The third-order valence-corrected chi connectivity index (χ3v) is 5.14. The van der Waals surface area contributed by atoms with Crippen molar-refractivity contribution in [3.63, 3.8) is 0 Å². The number of anilines is 3. The Morgan fingerprint density at radius 2 is 1.88 bits per heavy atom. The molecule has 2 N–H and O–H groups in total. The van der Waals surface area contributed by atoms with E-state index in [0.29, 0.717) is 6.54 Å². The van der Waals surface area contributed by atoms with E-state index < -0.39 is 0 Å². The predicted molar refractivity (Wildman–Crippen MR) is 101 cm³/mol. The molecule has 0 saturated heterocycles. The van der Waals surface area contributed by atoms with Gasteiger partial charge in [0.15, 0.2) is 0 Å². The van der Waals surface area contributed by atoms with E-state index in [0.717, 1.165) is 29.0 Å². The molecule has 1 unspecified atom stereocenters. The number of hydrogen-bond donors (Lipinski definition) is 1. The average molecular weight is 323 g/mol. The molecule has 0 aliphatic carbocycles. The Kier molecular flexibility index (Phi) is 3.99. The fraction of sp³-hybridized carbons (Fsp3) is 0.350. The van der Waals surface area contributed by atoms with Gasteiger partial charge in [0, 0.05) is 38.7 Å². The Morgan fingerprint density at radius 1 is 1.21 bits per heavy atom. The predicted octanol–water partition coefficient (Wildman–Crippen LogP) is 3.40. The van der Waals surface area contributed by atoms with Gasteiger partial charge in [0.1, 0.15) is 0 Å². The number of fused-ring (bicyclic) bond motifs is 1. The van der Waals surface area contributed by atoms with Gasteiger partial charge in [-0.1, -0.05) is 37.3 Å². The van der Waals surface area contributed by atoms with Gasteiger partial charge in [-0.25, -0.2) is 0 Å². The second kappa shape index (κ2) is 5.86. The largest absolute Gasteiger partial charge is 0.397 e. The van der Waals surface area contributed by atoms with Crippen LogP contribution in [0.2, 0.25) is 0 Å². The molecule has 1 amide bonds. The molecule has 0 radical (unpaired) electrons. The van der Waals surface area contributed by atoms with Gasteiger partial charge in [0.25, 0.3) is 0 Å². The molecule has 3 rings (SSSR count). The molecule has 24 heavy (non-hydrogen) atoms. The maximum absolute atomic E-state index is 12.2. The van der Waals surface area contributed by atoms with Gasteiger partial charge in [-0.05, 0) is 29.7 Å². The zero-order valence-corrected chi connectivity index (χ0v) is 14.8. The van der Waals surface area contributed by atoms with E-state index in [1.165, 1.54) is 5.56 Å². The zero-order chi connectivity index (χ0) is 17.5. The van der Waals surface area contributed by atoms with Crippen molar-refractivity contribution < 1.29 is 4.79 Å². The lowest BCUT2D eigenvalue weighted by Gasteiger charge is -2.42. The highest BCUT2D eigenvalue weighted by molar-refractivity contribution is 5.95. The number of amides is 1. The summed E-state index contributed by atoms with van der Waals surface area (Å²) < 4.78 is 0. The second-order valence-corrected chi connectivity index (χ2v) is 6.94. The molecular formula is C20H25N3O. The van der Waals surface area contributed by atoms with E-state index >= 15 is 0 Å². The molecule has 2 aromatic carbocycles. The van der Waals surface area contributed by atoms with Crippen LogP contribution in [0.25, 0.3) is 0 Å². The monoisotopic (exact) mass is 323 g/mol. The Hall–Kier alpha value is -2.49. The Bertz CT molecular complexity index is 770. The Balaban J connectivity index is 2.25. The van der Waals surface area contributed by atoms with E-state index in [4.69, 9.17) is 5.73 Å². The molecule has 0 bridgehead atoms. The lowest BCUT2D eigenvalue weighted by Crippen LogP contribution is -2.42. The number of nitrogen functional groups attached to an aromatic ring is 1. The standard InChI is InChI=1S/C20H25N3O/c1-14(24)23-11-10-20(2,15-8-6-5-7-9-15)16-12-17(21)19(22(3)4)13-18(16)23/h5-9,12-13H,10-11,21H2,1-4H3. The highest BCUT2D eigenvalue weighted by Gasteiger charge is 2.38. The van der Waals surface area contributed by atoms with Crippen LogP contribution in [0.4, 0.5) is 17.1 Å². The van der Waals surface area contributed by atoms with Crippen LogP contribution in [-0.4, -0.2) is 26.5 Å². The Labute approximate surface area is 143 Å². The first-order chi connectivity index (χ1) is 11.3. The molecule has 126 valence electrons. The fourth-order valence-corrected chi connectivity index (χ4v) is 3.67. The van der Waals surface area contributed by atoms with Crippen LogP contribution >= 0.6 is 0 Å². The summed E-state index contributed by atoms with van der Waals surface area (Å²) >= 11 is 0. The van der Waals surface area contributed by atoms with Crippen molar-refractivity contribution in [2.24, 2.45) is 0 Å². The average Bonchev–Trinajstić information content (AvgIpc) is 2.55. The molecule has 0 saturated carbocycles. The van der Waals surface area contributed by atoms with Crippen LogP contribution in [0.1, 0.15) is 31.4 Å². The topological polar surface area (TPSA) is 49.6 Å². The van der Waals surface area contributed by atoms with Crippen molar-refractivity contribution in [3.05, 3.63) is 53.6 Å². The van der Waals surface area contributed by atoms with Gasteiger partial charge in [0.05, 0.1) is 11.4 Å².